The van der Waals surface area contributed by atoms with Crippen molar-refractivity contribution >= 4 is 41.0 Å². The van der Waals surface area contributed by atoms with E-state index >= 15 is 0 Å². The summed E-state index contributed by atoms with van der Waals surface area (Å²) < 4.78 is 13.5. The number of carbonyl (C=O) groups is 1. The second-order valence-corrected chi connectivity index (χ2v) is 4.09. The second-order valence-electron chi connectivity index (χ2n) is 3.29. The van der Waals surface area contributed by atoms with Crippen molar-refractivity contribution in [1.82, 2.24) is 9.97 Å². The fourth-order valence-corrected chi connectivity index (χ4v) is 1.65. The summed E-state index contributed by atoms with van der Waals surface area (Å²) in [6.07, 6.45) is 1.66. The topological polar surface area (TPSA) is 54.9 Å². The summed E-state index contributed by atoms with van der Waals surface area (Å²) >= 11 is 11.5. The predicted molar refractivity (Wildman–Crippen MR) is 67.1 cm³/mol. The van der Waals surface area contributed by atoms with Gasteiger partial charge in [-0.2, -0.15) is 0 Å². The fourth-order valence-electron chi connectivity index (χ4n) is 1.30. The van der Waals surface area contributed by atoms with Crippen molar-refractivity contribution in [2.45, 2.75) is 0 Å². The summed E-state index contributed by atoms with van der Waals surface area (Å²) in [6.45, 7) is 0. The van der Waals surface area contributed by atoms with Gasteiger partial charge in [-0.25, -0.2) is 14.4 Å². The van der Waals surface area contributed by atoms with Gasteiger partial charge in [-0.05, 0) is 18.2 Å². The normalized spacial score (nSPS) is 10.2. The van der Waals surface area contributed by atoms with Gasteiger partial charge < -0.3 is 5.32 Å². The highest BCUT2D eigenvalue weighted by molar-refractivity contribution is 6.32. The van der Waals surface area contributed by atoms with Crippen LogP contribution in [0, 0.1) is 5.82 Å². The van der Waals surface area contributed by atoms with Crippen molar-refractivity contribution in [2.75, 3.05) is 5.32 Å². The lowest BCUT2D eigenvalue weighted by molar-refractivity contribution is 0.112. The number of halogens is 3. The van der Waals surface area contributed by atoms with Crippen LogP contribution in [0.25, 0.3) is 0 Å². The molecular weight excluding hydrogens is 280 g/mol. The van der Waals surface area contributed by atoms with E-state index in [9.17, 15) is 9.18 Å². The number of nitrogens with one attached hydrogen (secondary N) is 1. The van der Waals surface area contributed by atoms with Crippen LogP contribution >= 0.6 is 23.2 Å². The molecule has 7 heteroatoms. The summed E-state index contributed by atoms with van der Waals surface area (Å²) in [4.78, 5) is 18.4. The highest BCUT2D eigenvalue weighted by Gasteiger charge is 2.11. The molecule has 0 fully saturated rings. The smallest absolute Gasteiger partial charge is 0.156 e. The first-order valence-electron chi connectivity index (χ1n) is 4.79. The van der Waals surface area contributed by atoms with Crippen LogP contribution in [0.1, 0.15) is 10.4 Å². The third-order valence-corrected chi connectivity index (χ3v) is 2.67. The summed E-state index contributed by atoms with van der Waals surface area (Å²) in [5.74, 6) is -0.405. The molecule has 0 atom stereocenters. The molecule has 2 rings (SSSR count). The van der Waals surface area contributed by atoms with Gasteiger partial charge in [-0.15, -0.1) is 0 Å². The lowest BCUT2D eigenvalue weighted by atomic mass is 10.2. The van der Waals surface area contributed by atoms with Crippen LogP contribution in [0.4, 0.5) is 15.9 Å². The Labute approximate surface area is 112 Å². The number of carbonyl (C=O) groups excluding carboxylic acids is 1. The highest BCUT2D eigenvalue weighted by atomic mass is 35.5. The zero-order valence-electron chi connectivity index (χ0n) is 8.82. The van der Waals surface area contributed by atoms with Gasteiger partial charge in [0.1, 0.15) is 23.1 Å². The van der Waals surface area contributed by atoms with Gasteiger partial charge in [0.15, 0.2) is 6.29 Å². The predicted octanol–water partition coefficient (Wildman–Crippen LogP) is 3.48. The molecule has 4 nitrogen and oxygen atoms in total. The van der Waals surface area contributed by atoms with Gasteiger partial charge in [0.2, 0.25) is 0 Å². The van der Waals surface area contributed by atoms with E-state index in [0.29, 0.717) is 11.3 Å². The molecule has 1 heterocycles. The van der Waals surface area contributed by atoms with E-state index in [0.717, 1.165) is 0 Å². The Bertz CT molecular complexity index is 607. The summed E-state index contributed by atoms with van der Waals surface area (Å²) in [6, 6.07) is 3.99. The average Bonchev–Trinajstić information content (AvgIpc) is 2.34. The van der Waals surface area contributed by atoms with Crippen molar-refractivity contribution in [2.24, 2.45) is 0 Å². The lowest BCUT2D eigenvalue weighted by Crippen LogP contribution is -2.02. The molecule has 0 amide bonds. The van der Waals surface area contributed by atoms with E-state index in [1.807, 2.05) is 0 Å². The Morgan fingerprint density at radius 2 is 2.06 bits per heavy atom. The SMILES string of the molecule is O=Cc1c(Cl)ncnc1Nc1cc(Cl)ccc1F. The third kappa shape index (κ3) is 2.57. The van der Waals surface area contributed by atoms with E-state index in [4.69, 9.17) is 23.2 Å². The first-order chi connectivity index (χ1) is 8.61. The van der Waals surface area contributed by atoms with Crippen LogP contribution in [-0.2, 0) is 0 Å². The third-order valence-electron chi connectivity index (χ3n) is 2.13. The molecule has 92 valence electrons. The van der Waals surface area contributed by atoms with Crippen LogP contribution < -0.4 is 5.32 Å². The Morgan fingerprint density at radius 3 is 2.78 bits per heavy atom. The summed E-state index contributed by atoms with van der Waals surface area (Å²) in [5.41, 5.74) is 0.152. The number of hydrogen-bond donors (Lipinski definition) is 1. The average molecular weight is 286 g/mol. The lowest BCUT2D eigenvalue weighted by Gasteiger charge is -2.09. The van der Waals surface area contributed by atoms with Crippen molar-refractivity contribution in [3.63, 3.8) is 0 Å². The van der Waals surface area contributed by atoms with E-state index in [-0.39, 0.29) is 22.2 Å². The van der Waals surface area contributed by atoms with E-state index in [1.54, 1.807) is 0 Å². The molecule has 0 spiro atoms. The summed E-state index contributed by atoms with van der Waals surface area (Å²) in [5, 5.41) is 2.99. The Morgan fingerprint density at radius 1 is 1.28 bits per heavy atom. The number of anilines is 2. The number of aldehydes is 1. The number of nitrogens with zero attached hydrogens (tertiary/aromatic N) is 2. The first-order valence-corrected chi connectivity index (χ1v) is 5.55. The Hall–Kier alpha value is -1.72. The van der Waals surface area contributed by atoms with Crippen LogP contribution in [0.2, 0.25) is 10.2 Å². The Kier molecular flexibility index (Phi) is 3.74. The molecule has 2 aromatic rings. The maximum atomic E-state index is 13.5. The molecule has 0 radical (unpaired) electrons. The zero-order valence-corrected chi connectivity index (χ0v) is 10.3. The molecule has 1 aromatic carbocycles. The molecule has 0 bridgehead atoms. The summed E-state index contributed by atoms with van der Waals surface area (Å²) in [7, 11) is 0. The molecule has 0 aliphatic carbocycles. The van der Waals surface area contributed by atoms with Crippen molar-refractivity contribution in [1.29, 1.82) is 0 Å². The number of rotatable bonds is 3. The largest absolute Gasteiger partial charge is 0.337 e. The zero-order chi connectivity index (χ0) is 13.1. The number of hydrogen-bond acceptors (Lipinski definition) is 4. The number of benzene rings is 1. The monoisotopic (exact) mass is 285 g/mol. The minimum absolute atomic E-state index is 0.00932. The Balaban J connectivity index is 2.43. The molecule has 0 saturated heterocycles. The van der Waals surface area contributed by atoms with Crippen LogP contribution in [0.5, 0.6) is 0 Å². The van der Waals surface area contributed by atoms with Gasteiger partial charge in [-0.1, -0.05) is 23.2 Å². The quantitative estimate of drug-likeness (QED) is 0.693. The molecular formula is C11H6Cl2FN3O. The van der Waals surface area contributed by atoms with E-state index < -0.39 is 5.82 Å². The minimum Gasteiger partial charge on any atom is -0.337 e. The fraction of sp³-hybridized carbons (Fsp3) is 0. The maximum absolute atomic E-state index is 13.5. The van der Waals surface area contributed by atoms with Crippen molar-refractivity contribution in [3.8, 4) is 0 Å². The van der Waals surface area contributed by atoms with E-state index in [1.165, 1.54) is 24.5 Å². The molecule has 18 heavy (non-hydrogen) atoms. The first kappa shape index (κ1) is 12.7. The van der Waals surface area contributed by atoms with Crippen LogP contribution in [0.15, 0.2) is 24.5 Å². The number of aromatic nitrogens is 2. The molecule has 0 aliphatic heterocycles. The van der Waals surface area contributed by atoms with Gasteiger partial charge >= 0.3 is 0 Å². The van der Waals surface area contributed by atoms with Crippen molar-refractivity contribution in [3.05, 3.63) is 46.1 Å². The van der Waals surface area contributed by atoms with E-state index in [2.05, 4.69) is 15.3 Å². The molecule has 0 saturated carbocycles. The van der Waals surface area contributed by atoms with Gasteiger partial charge in [0, 0.05) is 5.02 Å². The van der Waals surface area contributed by atoms with Gasteiger partial charge in [0.25, 0.3) is 0 Å². The van der Waals surface area contributed by atoms with Crippen LogP contribution in [-0.4, -0.2) is 16.3 Å². The molecule has 1 N–H and O–H groups in total. The molecule has 1 aromatic heterocycles. The highest BCUT2D eigenvalue weighted by Crippen LogP contribution is 2.25. The molecule has 0 unspecified atom stereocenters. The van der Waals surface area contributed by atoms with Gasteiger partial charge in [-0.3, -0.25) is 4.79 Å². The standard InChI is InChI=1S/C11H6Cl2FN3O/c12-6-1-2-8(14)9(3-6)17-11-7(4-18)10(13)15-5-16-11/h1-5H,(H,15,16,17). The van der Waals surface area contributed by atoms with Crippen LogP contribution in [0.3, 0.4) is 0 Å². The molecule has 0 aliphatic rings. The van der Waals surface area contributed by atoms with Gasteiger partial charge in [0.05, 0.1) is 11.3 Å². The minimum atomic E-state index is -0.522. The second kappa shape index (κ2) is 5.29. The maximum Gasteiger partial charge on any atom is 0.156 e. The van der Waals surface area contributed by atoms with Crippen molar-refractivity contribution < 1.29 is 9.18 Å².